The van der Waals surface area contributed by atoms with Gasteiger partial charge in [0.15, 0.2) is 21.3 Å². The van der Waals surface area contributed by atoms with E-state index < -0.39 is 50.6 Å². The standard InChI is InChI=1S/C16H16N2O8S/c1-16(8-26-15(22)25-2)11(14(20)21)18-12(19)10(13(18)27(16,23)24)7-9-5-3-4-6-17-9/h3-7,11,13H,8H2,1-2H3,(H,20,21)/b10-7-/t11-,13?,16?/m0/s1. The van der Waals surface area contributed by atoms with Crippen LogP contribution < -0.4 is 0 Å². The van der Waals surface area contributed by atoms with Gasteiger partial charge in [0, 0.05) is 6.20 Å². The number of sulfone groups is 1. The van der Waals surface area contributed by atoms with E-state index in [-0.39, 0.29) is 5.57 Å². The highest BCUT2D eigenvalue weighted by molar-refractivity contribution is 7.94. The maximum absolute atomic E-state index is 13.1. The molecule has 0 spiro atoms. The van der Waals surface area contributed by atoms with Crippen molar-refractivity contribution >= 4 is 33.9 Å². The molecule has 0 bridgehead atoms. The molecular formula is C16H16N2O8S. The van der Waals surface area contributed by atoms with Crippen molar-refractivity contribution in [2.24, 2.45) is 0 Å². The Kier molecular flexibility index (Phi) is 4.42. The Bertz CT molecular complexity index is 942. The lowest BCUT2D eigenvalue weighted by atomic mass is 9.94. The first-order valence-electron chi connectivity index (χ1n) is 7.77. The lowest BCUT2D eigenvalue weighted by Crippen LogP contribution is -2.59. The molecule has 144 valence electrons. The smallest absolute Gasteiger partial charge is 0.480 e. The van der Waals surface area contributed by atoms with Crippen LogP contribution >= 0.6 is 0 Å². The molecule has 2 fully saturated rings. The lowest BCUT2D eigenvalue weighted by molar-refractivity contribution is -0.153. The summed E-state index contributed by atoms with van der Waals surface area (Å²) in [6.07, 6.45) is 1.64. The van der Waals surface area contributed by atoms with Crippen LogP contribution in [0.3, 0.4) is 0 Å². The number of amides is 1. The Morgan fingerprint density at radius 1 is 1.41 bits per heavy atom. The Balaban J connectivity index is 2.04. The van der Waals surface area contributed by atoms with E-state index in [1.165, 1.54) is 12.3 Å². The minimum Gasteiger partial charge on any atom is -0.480 e. The zero-order valence-electron chi connectivity index (χ0n) is 14.4. The molecule has 1 aromatic rings. The number of carbonyl (C=O) groups is 3. The van der Waals surface area contributed by atoms with Crippen molar-refractivity contribution in [2.45, 2.75) is 23.1 Å². The van der Waals surface area contributed by atoms with E-state index in [0.29, 0.717) is 5.69 Å². The number of methoxy groups -OCH3 is 1. The normalized spacial score (nSPS) is 29.8. The summed E-state index contributed by atoms with van der Waals surface area (Å²) in [4.78, 5) is 40.3. The fourth-order valence-corrected chi connectivity index (χ4v) is 5.55. The van der Waals surface area contributed by atoms with Crippen LogP contribution in [0.4, 0.5) is 4.79 Å². The largest absolute Gasteiger partial charge is 0.508 e. The number of rotatable bonds is 4. The molecule has 3 atom stereocenters. The van der Waals surface area contributed by atoms with Crippen LogP contribution in [0.25, 0.3) is 6.08 Å². The topological polar surface area (TPSA) is 140 Å². The second-order valence-corrected chi connectivity index (χ2v) is 8.73. The number of hydrogen-bond donors (Lipinski definition) is 1. The second kappa shape index (κ2) is 6.34. The molecule has 0 radical (unpaired) electrons. The number of aromatic nitrogens is 1. The average Bonchev–Trinajstić information content (AvgIpc) is 2.80. The summed E-state index contributed by atoms with van der Waals surface area (Å²) in [5.41, 5.74) is 0.281. The van der Waals surface area contributed by atoms with Crippen molar-refractivity contribution < 1.29 is 37.4 Å². The Morgan fingerprint density at radius 2 is 2.11 bits per heavy atom. The number of nitrogens with zero attached hydrogens (tertiary/aromatic N) is 2. The molecule has 2 unspecified atom stereocenters. The number of aliphatic carboxylic acids is 1. The first-order chi connectivity index (χ1) is 12.6. The summed E-state index contributed by atoms with van der Waals surface area (Å²) in [7, 11) is -3.20. The summed E-state index contributed by atoms with van der Waals surface area (Å²) in [6.45, 7) is 0.365. The highest BCUT2D eigenvalue weighted by Crippen LogP contribution is 2.49. The van der Waals surface area contributed by atoms with E-state index in [1.54, 1.807) is 18.2 Å². The average molecular weight is 396 g/mol. The molecule has 1 N–H and O–H groups in total. The minimum absolute atomic E-state index is 0.0817. The predicted octanol–water partition coefficient (Wildman–Crippen LogP) is 0.0566. The van der Waals surface area contributed by atoms with E-state index in [0.717, 1.165) is 18.9 Å². The van der Waals surface area contributed by atoms with Crippen LogP contribution in [-0.4, -0.2) is 71.3 Å². The highest BCUT2D eigenvalue weighted by atomic mass is 32.2. The molecule has 27 heavy (non-hydrogen) atoms. The van der Waals surface area contributed by atoms with Gasteiger partial charge >= 0.3 is 12.1 Å². The number of fused-ring (bicyclic) bond motifs is 1. The lowest BCUT2D eigenvalue weighted by Gasteiger charge is -2.37. The van der Waals surface area contributed by atoms with Crippen molar-refractivity contribution in [1.82, 2.24) is 9.88 Å². The summed E-state index contributed by atoms with van der Waals surface area (Å²) in [5.74, 6) is -2.23. The van der Waals surface area contributed by atoms with Crippen LogP contribution in [0.15, 0.2) is 30.0 Å². The molecular weight excluding hydrogens is 380 g/mol. The number of carbonyl (C=O) groups excluding carboxylic acids is 2. The molecule has 0 aromatic carbocycles. The number of hydrogen-bond acceptors (Lipinski definition) is 8. The van der Waals surface area contributed by atoms with E-state index >= 15 is 0 Å². The highest BCUT2D eigenvalue weighted by Gasteiger charge is 2.72. The van der Waals surface area contributed by atoms with E-state index in [9.17, 15) is 27.9 Å². The maximum atomic E-state index is 13.1. The van der Waals surface area contributed by atoms with Crippen molar-refractivity contribution in [1.29, 1.82) is 0 Å². The van der Waals surface area contributed by atoms with Crippen LogP contribution in [-0.2, 0) is 28.9 Å². The van der Waals surface area contributed by atoms with Crippen molar-refractivity contribution in [3.63, 3.8) is 0 Å². The van der Waals surface area contributed by atoms with Gasteiger partial charge in [-0.1, -0.05) is 6.07 Å². The molecule has 0 aliphatic carbocycles. The summed E-state index contributed by atoms with van der Waals surface area (Å²) < 4.78 is 33.2. The van der Waals surface area contributed by atoms with Crippen molar-refractivity contribution in [3.05, 3.63) is 35.7 Å². The van der Waals surface area contributed by atoms with Crippen molar-refractivity contribution in [2.75, 3.05) is 13.7 Å². The van der Waals surface area contributed by atoms with E-state index in [2.05, 4.69) is 9.72 Å². The van der Waals surface area contributed by atoms with Gasteiger partial charge in [0.05, 0.1) is 18.4 Å². The van der Waals surface area contributed by atoms with Crippen LogP contribution in [0.2, 0.25) is 0 Å². The second-order valence-electron chi connectivity index (χ2n) is 6.26. The third-order valence-corrected chi connectivity index (χ3v) is 7.38. The quantitative estimate of drug-likeness (QED) is 0.425. The van der Waals surface area contributed by atoms with Gasteiger partial charge < -0.3 is 19.5 Å². The third kappa shape index (κ3) is 2.65. The SMILES string of the molecule is COC(=O)OCC1(C)[C@H](C(=O)O)N2C(=O)/C(=C/c3ccccn3)C2S1(=O)=O. The number of β-lactam (4-membered cyclic amide) rings is 1. The van der Waals surface area contributed by atoms with E-state index in [4.69, 9.17) is 4.74 Å². The maximum Gasteiger partial charge on any atom is 0.508 e. The van der Waals surface area contributed by atoms with Crippen LogP contribution in [0, 0.1) is 0 Å². The van der Waals surface area contributed by atoms with Gasteiger partial charge in [-0.15, -0.1) is 0 Å². The number of carboxylic acids is 1. The zero-order chi connectivity index (χ0) is 20.0. The van der Waals surface area contributed by atoms with Gasteiger partial charge in [0.1, 0.15) is 11.4 Å². The Hall–Kier alpha value is -2.95. The molecule has 0 saturated carbocycles. The Labute approximate surface area is 154 Å². The number of ether oxygens (including phenoxy) is 2. The van der Waals surface area contributed by atoms with E-state index in [1.807, 2.05) is 0 Å². The molecule has 2 aliphatic heterocycles. The first-order valence-corrected chi connectivity index (χ1v) is 9.32. The minimum atomic E-state index is -4.23. The van der Waals surface area contributed by atoms with Gasteiger partial charge in [0.2, 0.25) is 0 Å². The monoisotopic (exact) mass is 396 g/mol. The van der Waals surface area contributed by atoms with Gasteiger partial charge in [-0.05, 0) is 25.1 Å². The summed E-state index contributed by atoms with van der Waals surface area (Å²) >= 11 is 0. The van der Waals surface area contributed by atoms with Crippen molar-refractivity contribution in [3.8, 4) is 0 Å². The summed E-state index contributed by atoms with van der Waals surface area (Å²) in [5, 5.41) is 8.11. The molecule has 3 rings (SSSR count). The van der Waals surface area contributed by atoms with Crippen LogP contribution in [0.5, 0.6) is 0 Å². The fourth-order valence-electron chi connectivity index (χ4n) is 3.28. The van der Waals surface area contributed by atoms with Gasteiger partial charge in [-0.25, -0.2) is 18.0 Å². The molecule has 3 heterocycles. The Morgan fingerprint density at radius 3 is 2.67 bits per heavy atom. The number of carboxylic acid groups (broad SMARTS) is 1. The summed E-state index contributed by atoms with van der Waals surface area (Å²) in [6, 6.07) is 3.20. The zero-order valence-corrected chi connectivity index (χ0v) is 15.2. The predicted molar refractivity (Wildman–Crippen MR) is 90.0 cm³/mol. The van der Waals surface area contributed by atoms with Gasteiger partial charge in [-0.3, -0.25) is 9.78 Å². The molecule has 1 aromatic heterocycles. The number of pyridine rings is 1. The molecule has 10 nitrogen and oxygen atoms in total. The molecule has 2 saturated heterocycles. The third-order valence-electron chi connectivity index (χ3n) is 4.67. The first kappa shape index (κ1) is 18.8. The molecule has 2 aliphatic rings. The van der Waals surface area contributed by atoms with Gasteiger partial charge in [-0.2, -0.15) is 0 Å². The van der Waals surface area contributed by atoms with Crippen LogP contribution in [0.1, 0.15) is 12.6 Å². The molecule has 1 amide bonds. The molecule has 11 heteroatoms. The fraction of sp³-hybridized carbons (Fsp3) is 0.375. The van der Waals surface area contributed by atoms with Gasteiger partial charge in [0.25, 0.3) is 5.91 Å².